The first kappa shape index (κ1) is 23.8. The second-order valence-electron chi connectivity index (χ2n) is 7.21. The van der Waals surface area contributed by atoms with Crippen molar-refractivity contribution in [2.45, 2.75) is 38.2 Å². The summed E-state index contributed by atoms with van der Waals surface area (Å²) in [5.41, 5.74) is 0. The molecule has 1 fully saturated rings. The molecule has 1 aliphatic rings. The molecule has 0 bridgehead atoms. The van der Waals surface area contributed by atoms with Gasteiger partial charge in [0.2, 0.25) is 5.76 Å². The fraction of sp³-hybridized carbons (Fsp3) is 0.435. The van der Waals surface area contributed by atoms with Gasteiger partial charge in [-0.3, -0.25) is 0 Å². The van der Waals surface area contributed by atoms with Crippen LogP contribution in [0.2, 0.25) is 5.02 Å². The van der Waals surface area contributed by atoms with E-state index in [9.17, 15) is 20.1 Å². The zero-order chi connectivity index (χ0) is 21.9. The zero-order valence-electron chi connectivity index (χ0n) is 17.0. The number of aliphatic hydroxyl groups excluding tert-OH is 3. The van der Waals surface area contributed by atoms with Crippen LogP contribution in [0.25, 0.3) is 0 Å². The molecule has 1 aliphatic carbocycles. The van der Waals surface area contributed by atoms with E-state index in [4.69, 9.17) is 16.3 Å². The van der Waals surface area contributed by atoms with Crippen LogP contribution in [0.4, 0.5) is 0 Å². The van der Waals surface area contributed by atoms with Gasteiger partial charge >= 0.3 is 5.97 Å². The van der Waals surface area contributed by atoms with E-state index in [1.54, 1.807) is 18.2 Å². The summed E-state index contributed by atoms with van der Waals surface area (Å²) in [5, 5.41) is 29.7. The third kappa shape index (κ3) is 7.43. The Labute approximate surface area is 182 Å². The quantitative estimate of drug-likeness (QED) is 0.159. The van der Waals surface area contributed by atoms with Gasteiger partial charge in [-0.05, 0) is 61.8 Å². The lowest BCUT2D eigenvalue weighted by atomic mass is 9.92. The molecule has 0 aromatic heterocycles. The number of rotatable bonds is 10. The molecule has 0 radical (unpaired) electrons. The van der Waals surface area contributed by atoms with Crippen molar-refractivity contribution in [2.24, 2.45) is 11.8 Å². The minimum Gasteiger partial charge on any atom is -0.506 e. The molecular formula is C23H29ClO6. The topological polar surface area (TPSA) is 96.2 Å². The van der Waals surface area contributed by atoms with Crippen LogP contribution in [-0.4, -0.2) is 41.1 Å². The predicted molar refractivity (Wildman–Crippen MR) is 116 cm³/mol. The van der Waals surface area contributed by atoms with Crippen molar-refractivity contribution in [1.82, 2.24) is 0 Å². The Hall–Kier alpha value is -2.44. The van der Waals surface area contributed by atoms with E-state index in [1.165, 1.54) is 6.08 Å². The van der Waals surface area contributed by atoms with Gasteiger partial charge in [-0.2, -0.15) is 0 Å². The molecule has 164 valence electrons. The third-order valence-electron chi connectivity index (χ3n) is 5.13. The highest BCUT2D eigenvalue weighted by atomic mass is 35.5. The normalized spacial score (nSPS) is 21.0. The van der Waals surface area contributed by atoms with Gasteiger partial charge in [0, 0.05) is 5.02 Å². The molecule has 2 rings (SSSR count). The average molecular weight is 437 g/mol. The molecule has 3 N–H and O–H groups in total. The molecule has 0 aliphatic heterocycles. The largest absolute Gasteiger partial charge is 0.506 e. The fourth-order valence-corrected chi connectivity index (χ4v) is 3.60. The molecule has 7 heteroatoms. The highest BCUT2D eigenvalue weighted by molar-refractivity contribution is 6.30. The SMILES string of the molecule is COC(=O)/C(O)=C(\O)C(O)/C=C\C[C@H]1CCC[C@@H]1/C=C/CCOc1ccc(Cl)cc1. The number of allylic oxidation sites excluding steroid dienone is 2. The average Bonchev–Trinajstić information content (AvgIpc) is 3.20. The standard InChI is InChI=1S/C23H29ClO6/c1-29-23(28)22(27)21(26)20(25)10-5-9-17-8-4-7-16(17)6-2-3-15-30-19-13-11-18(24)12-14-19/h2,5-6,10-14,16-17,20,25-27H,3-4,7-9,15H2,1H3/b6-2+,10-5-,22-21+/t16-,17+,20?/m0/s1. The van der Waals surface area contributed by atoms with Crippen molar-refractivity contribution in [2.75, 3.05) is 13.7 Å². The van der Waals surface area contributed by atoms with Gasteiger partial charge in [0.1, 0.15) is 11.9 Å². The zero-order valence-corrected chi connectivity index (χ0v) is 17.8. The fourth-order valence-electron chi connectivity index (χ4n) is 3.47. The number of methoxy groups -OCH3 is 1. The molecule has 0 spiro atoms. The molecule has 1 unspecified atom stereocenters. The van der Waals surface area contributed by atoms with Crippen LogP contribution in [0, 0.1) is 11.8 Å². The van der Waals surface area contributed by atoms with E-state index in [2.05, 4.69) is 16.9 Å². The van der Waals surface area contributed by atoms with Gasteiger partial charge in [0.05, 0.1) is 13.7 Å². The molecular weight excluding hydrogens is 408 g/mol. The van der Waals surface area contributed by atoms with E-state index in [-0.39, 0.29) is 0 Å². The Kier molecular flexibility index (Phi) is 9.77. The van der Waals surface area contributed by atoms with Crippen molar-refractivity contribution in [1.29, 1.82) is 0 Å². The number of hydrogen-bond donors (Lipinski definition) is 3. The second-order valence-corrected chi connectivity index (χ2v) is 7.64. The number of halogens is 1. The number of hydrogen-bond acceptors (Lipinski definition) is 6. The van der Waals surface area contributed by atoms with Crippen molar-refractivity contribution in [3.05, 3.63) is 65.1 Å². The van der Waals surface area contributed by atoms with E-state index in [0.717, 1.165) is 45.0 Å². The second kappa shape index (κ2) is 12.3. The summed E-state index contributed by atoms with van der Waals surface area (Å²) in [6.07, 6.45) is 10.9. The smallest absolute Gasteiger partial charge is 0.376 e. The molecule has 1 aromatic rings. The molecule has 0 amide bonds. The molecule has 1 saturated carbocycles. The highest BCUT2D eigenvalue weighted by Crippen LogP contribution is 2.35. The summed E-state index contributed by atoms with van der Waals surface area (Å²) < 4.78 is 9.98. The van der Waals surface area contributed by atoms with E-state index < -0.39 is 23.6 Å². The Morgan fingerprint density at radius 1 is 1.23 bits per heavy atom. The van der Waals surface area contributed by atoms with Gasteiger partial charge < -0.3 is 24.8 Å². The maximum absolute atomic E-state index is 11.2. The first-order valence-electron chi connectivity index (χ1n) is 10.0. The van der Waals surface area contributed by atoms with E-state index in [0.29, 0.717) is 23.5 Å². The lowest BCUT2D eigenvalue weighted by Gasteiger charge is -2.14. The molecule has 0 heterocycles. The van der Waals surface area contributed by atoms with Crippen LogP contribution < -0.4 is 4.74 Å². The minimum atomic E-state index is -1.45. The van der Waals surface area contributed by atoms with Crippen LogP contribution in [0.5, 0.6) is 5.75 Å². The summed E-state index contributed by atoms with van der Waals surface area (Å²) in [4.78, 5) is 11.2. The summed E-state index contributed by atoms with van der Waals surface area (Å²) in [6.45, 7) is 0.594. The van der Waals surface area contributed by atoms with E-state index >= 15 is 0 Å². The Morgan fingerprint density at radius 3 is 2.67 bits per heavy atom. The van der Waals surface area contributed by atoms with Gasteiger partial charge in [-0.15, -0.1) is 0 Å². The van der Waals surface area contributed by atoms with Crippen LogP contribution in [0.15, 0.2) is 60.1 Å². The van der Waals surface area contributed by atoms with Crippen molar-refractivity contribution < 1.29 is 29.6 Å². The predicted octanol–water partition coefficient (Wildman–Crippen LogP) is 4.89. The Balaban J connectivity index is 1.77. The first-order valence-corrected chi connectivity index (χ1v) is 10.4. The number of carbonyl (C=O) groups excluding carboxylic acids is 1. The molecule has 1 aromatic carbocycles. The number of aliphatic hydroxyl groups is 3. The van der Waals surface area contributed by atoms with Crippen LogP contribution in [0.1, 0.15) is 32.1 Å². The maximum atomic E-state index is 11.2. The Morgan fingerprint density at radius 2 is 1.97 bits per heavy atom. The lowest BCUT2D eigenvalue weighted by molar-refractivity contribution is -0.139. The maximum Gasteiger partial charge on any atom is 0.376 e. The van der Waals surface area contributed by atoms with Crippen LogP contribution >= 0.6 is 11.6 Å². The van der Waals surface area contributed by atoms with Crippen LogP contribution in [-0.2, 0) is 9.53 Å². The summed E-state index contributed by atoms with van der Waals surface area (Å²) >= 11 is 5.85. The summed E-state index contributed by atoms with van der Waals surface area (Å²) in [5.74, 6) is -1.21. The summed E-state index contributed by atoms with van der Waals surface area (Å²) in [6, 6.07) is 7.29. The van der Waals surface area contributed by atoms with Gasteiger partial charge in [-0.25, -0.2) is 4.79 Å². The van der Waals surface area contributed by atoms with E-state index in [1.807, 2.05) is 12.1 Å². The van der Waals surface area contributed by atoms with Crippen molar-refractivity contribution in [3.8, 4) is 5.75 Å². The Bertz CT molecular complexity index is 768. The molecule has 0 saturated heterocycles. The van der Waals surface area contributed by atoms with Crippen molar-refractivity contribution in [3.63, 3.8) is 0 Å². The monoisotopic (exact) mass is 436 g/mol. The third-order valence-corrected chi connectivity index (χ3v) is 5.38. The van der Waals surface area contributed by atoms with Gasteiger partial charge in [0.25, 0.3) is 0 Å². The lowest BCUT2D eigenvalue weighted by Crippen LogP contribution is -2.15. The molecule has 3 atom stereocenters. The van der Waals surface area contributed by atoms with Crippen molar-refractivity contribution >= 4 is 17.6 Å². The minimum absolute atomic E-state index is 0.446. The van der Waals surface area contributed by atoms with Gasteiger partial charge in [0.15, 0.2) is 5.76 Å². The highest BCUT2D eigenvalue weighted by Gasteiger charge is 2.24. The molecule has 6 nitrogen and oxygen atoms in total. The molecule has 30 heavy (non-hydrogen) atoms. The number of carbonyl (C=O) groups is 1. The van der Waals surface area contributed by atoms with Crippen LogP contribution in [0.3, 0.4) is 0 Å². The number of esters is 1. The van der Waals surface area contributed by atoms with Gasteiger partial charge in [-0.1, -0.05) is 42.3 Å². The number of ether oxygens (including phenoxy) is 2. The first-order chi connectivity index (χ1) is 14.4. The summed E-state index contributed by atoms with van der Waals surface area (Å²) in [7, 11) is 1.08. The number of benzene rings is 1.